The lowest BCUT2D eigenvalue weighted by atomic mass is 10.1. The minimum atomic E-state index is -5.60. The zero-order chi connectivity index (χ0) is 20.2. The van der Waals surface area contributed by atoms with Gasteiger partial charge in [0.05, 0.1) is 11.4 Å². The van der Waals surface area contributed by atoms with Crippen LogP contribution in [0.3, 0.4) is 0 Å². The first kappa shape index (κ1) is 21.3. The zero-order valence-corrected chi connectivity index (χ0v) is 16.0. The van der Waals surface area contributed by atoms with Gasteiger partial charge in [-0.15, -0.1) is 0 Å². The Hall–Kier alpha value is -1.97. The van der Waals surface area contributed by atoms with Crippen molar-refractivity contribution in [3.05, 3.63) is 58.1 Å². The molecule has 146 valence electrons. The summed E-state index contributed by atoms with van der Waals surface area (Å²) in [6, 6.07) is 9.90. The maximum absolute atomic E-state index is 12.7. The third kappa shape index (κ3) is 5.50. The number of benzene rings is 2. The smallest absolute Gasteiger partial charge is 0.357 e. The Morgan fingerprint density at radius 2 is 1.70 bits per heavy atom. The van der Waals surface area contributed by atoms with Crippen molar-refractivity contribution in [3.8, 4) is 5.75 Å². The highest BCUT2D eigenvalue weighted by molar-refractivity contribution is 7.93. The molecule has 2 aromatic rings. The topological polar surface area (TPSA) is 67.8 Å². The molecule has 0 spiro atoms. The van der Waals surface area contributed by atoms with Crippen molar-refractivity contribution >= 4 is 44.6 Å². The van der Waals surface area contributed by atoms with Crippen LogP contribution < -0.4 is 9.56 Å². The van der Waals surface area contributed by atoms with E-state index in [-0.39, 0.29) is 28.4 Å². The van der Waals surface area contributed by atoms with Gasteiger partial charge in [-0.1, -0.05) is 35.3 Å². The first-order chi connectivity index (χ1) is 12.5. The number of alkyl halides is 3. The summed E-state index contributed by atoms with van der Waals surface area (Å²) in [5.74, 6) is 0.338. The second-order valence-electron chi connectivity index (χ2n) is 5.18. The predicted octanol–water partition coefficient (Wildman–Crippen LogP) is 5.45. The quantitative estimate of drug-likeness (QED) is 0.479. The predicted molar refractivity (Wildman–Crippen MR) is 99.0 cm³/mol. The maximum atomic E-state index is 12.7. The van der Waals surface area contributed by atoms with Gasteiger partial charge in [0.25, 0.3) is 0 Å². The number of rotatable bonds is 6. The van der Waals surface area contributed by atoms with Crippen LogP contribution in [0.4, 0.5) is 18.9 Å². The summed E-state index contributed by atoms with van der Waals surface area (Å²) in [6.45, 7) is 1.67. The third-order valence-corrected chi connectivity index (χ3v) is 4.84. The molecule has 0 saturated carbocycles. The Kier molecular flexibility index (Phi) is 6.61. The molecule has 11 heteroatoms. The molecule has 0 unspecified atom stereocenters. The number of hydrogen-bond donors (Lipinski definition) is 1. The van der Waals surface area contributed by atoms with Crippen LogP contribution in [0.15, 0.2) is 47.6 Å². The monoisotopic (exact) mass is 440 g/mol. The van der Waals surface area contributed by atoms with Crippen LogP contribution in [-0.2, 0) is 10.0 Å². The van der Waals surface area contributed by atoms with Crippen molar-refractivity contribution in [2.75, 3.05) is 4.72 Å². The fraction of sp³-hybridized carbons (Fsp3) is 0.188. The number of sulfonamides is 1. The average molecular weight is 441 g/mol. The molecule has 0 radical (unpaired) electrons. The van der Waals surface area contributed by atoms with Gasteiger partial charge in [0.2, 0.25) is 0 Å². The van der Waals surface area contributed by atoms with E-state index in [1.807, 2.05) is 0 Å². The van der Waals surface area contributed by atoms with E-state index in [0.29, 0.717) is 10.8 Å². The van der Waals surface area contributed by atoms with E-state index in [4.69, 9.17) is 28.0 Å². The lowest BCUT2D eigenvalue weighted by Gasteiger charge is -2.15. The molecule has 0 bridgehead atoms. The SMILES string of the molecule is CCC(=NOc1ccc(Cl)cc1)c1cc(Cl)ccc1NS(=O)(=O)C(F)(F)F. The van der Waals surface area contributed by atoms with Gasteiger partial charge >= 0.3 is 15.5 Å². The first-order valence-corrected chi connectivity index (χ1v) is 9.66. The highest BCUT2D eigenvalue weighted by atomic mass is 35.5. The summed E-state index contributed by atoms with van der Waals surface area (Å²) in [4.78, 5) is 5.25. The van der Waals surface area contributed by atoms with Crippen molar-refractivity contribution < 1.29 is 26.4 Å². The van der Waals surface area contributed by atoms with Crippen molar-refractivity contribution in [2.24, 2.45) is 5.16 Å². The number of anilines is 1. The van der Waals surface area contributed by atoms with Gasteiger partial charge in [0, 0.05) is 15.6 Å². The molecule has 0 saturated heterocycles. The van der Waals surface area contributed by atoms with Gasteiger partial charge in [-0.05, 0) is 48.9 Å². The van der Waals surface area contributed by atoms with Crippen molar-refractivity contribution in [1.82, 2.24) is 0 Å². The summed E-state index contributed by atoms with van der Waals surface area (Å²) in [5, 5.41) is 4.58. The number of halogens is 5. The summed E-state index contributed by atoms with van der Waals surface area (Å²) in [7, 11) is -5.60. The van der Waals surface area contributed by atoms with Crippen LogP contribution in [0.2, 0.25) is 10.0 Å². The van der Waals surface area contributed by atoms with Crippen LogP contribution >= 0.6 is 23.2 Å². The van der Waals surface area contributed by atoms with Gasteiger partial charge in [0.1, 0.15) is 0 Å². The van der Waals surface area contributed by atoms with E-state index in [2.05, 4.69) is 5.16 Å². The van der Waals surface area contributed by atoms with Gasteiger partial charge in [-0.25, -0.2) is 0 Å². The molecule has 27 heavy (non-hydrogen) atoms. The number of oxime groups is 1. The van der Waals surface area contributed by atoms with Crippen LogP contribution in [0.5, 0.6) is 5.75 Å². The first-order valence-electron chi connectivity index (χ1n) is 7.42. The van der Waals surface area contributed by atoms with E-state index < -0.39 is 15.5 Å². The lowest BCUT2D eigenvalue weighted by molar-refractivity contribution is -0.0429. The molecule has 0 aliphatic heterocycles. The molecule has 0 atom stereocenters. The molecule has 0 aromatic heterocycles. The van der Waals surface area contributed by atoms with Crippen LogP contribution in [0.25, 0.3) is 0 Å². The van der Waals surface area contributed by atoms with Crippen molar-refractivity contribution in [3.63, 3.8) is 0 Å². The Morgan fingerprint density at radius 1 is 1.11 bits per heavy atom. The summed E-state index contributed by atoms with van der Waals surface area (Å²) >= 11 is 11.7. The molecule has 1 N–H and O–H groups in total. The molecule has 0 amide bonds. The van der Waals surface area contributed by atoms with Gasteiger partial charge in [-0.3, -0.25) is 4.72 Å². The normalized spacial score (nSPS) is 12.7. The zero-order valence-electron chi connectivity index (χ0n) is 13.7. The molecule has 0 aliphatic rings. The second-order valence-corrected chi connectivity index (χ2v) is 7.72. The van der Waals surface area contributed by atoms with Crippen LogP contribution in [0.1, 0.15) is 18.9 Å². The van der Waals surface area contributed by atoms with Gasteiger partial charge < -0.3 is 4.84 Å². The largest absolute Gasteiger partial charge is 0.516 e. The summed E-state index contributed by atoms with van der Waals surface area (Å²) < 4.78 is 62.4. The molecule has 0 heterocycles. The molecule has 0 fully saturated rings. The highest BCUT2D eigenvalue weighted by Gasteiger charge is 2.46. The minimum Gasteiger partial charge on any atom is -0.357 e. The fourth-order valence-corrected chi connectivity index (χ4v) is 2.84. The van der Waals surface area contributed by atoms with Crippen molar-refractivity contribution in [1.29, 1.82) is 0 Å². The number of nitrogens with zero attached hydrogens (tertiary/aromatic N) is 1. The van der Waals surface area contributed by atoms with E-state index in [9.17, 15) is 21.6 Å². The Morgan fingerprint density at radius 3 is 2.26 bits per heavy atom. The minimum absolute atomic E-state index is 0.0618. The van der Waals surface area contributed by atoms with E-state index in [1.165, 1.54) is 16.9 Å². The molecule has 0 aliphatic carbocycles. The van der Waals surface area contributed by atoms with Crippen molar-refractivity contribution in [2.45, 2.75) is 18.9 Å². The highest BCUT2D eigenvalue weighted by Crippen LogP contribution is 2.29. The number of hydrogen-bond acceptors (Lipinski definition) is 4. The van der Waals surface area contributed by atoms with Crippen LogP contribution in [0, 0.1) is 0 Å². The molecule has 2 aromatic carbocycles. The fourth-order valence-electron chi connectivity index (χ4n) is 1.95. The standard InChI is InChI=1S/C16H13Cl2F3N2O3S/c1-2-14(22-26-12-6-3-10(17)4-7-12)13-9-11(18)5-8-15(13)23-27(24,25)16(19,20)21/h3-9,23H,2H2,1H3. The van der Waals surface area contributed by atoms with E-state index in [0.717, 1.165) is 6.07 Å². The summed E-state index contributed by atoms with van der Waals surface area (Å²) in [6.07, 6.45) is 0.231. The molecular formula is C16H13Cl2F3N2O3S. The van der Waals surface area contributed by atoms with Gasteiger partial charge in [0.15, 0.2) is 5.75 Å². The average Bonchev–Trinajstić information content (AvgIpc) is 2.58. The van der Waals surface area contributed by atoms with E-state index in [1.54, 1.807) is 31.2 Å². The second kappa shape index (κ2) is 8.37. The molecule has 5 nitrogen and oxygen atoms in total. The van der Waals surface area contributed by atoms with Gasteiger partial charge in [-0.2, -0.15) is 21.6 Å². The lowest BCUT2D eigenvalue weighted by Crippen LogP contribution is -2.30. The van der Waals surface area contributed by atoms with Crippen LogP contribution in [-0.4, -0.2) is 19.6 Å². The Bertz CT molecular complexity index is 946. The number of nitrogens with one attached hydrogen (secondary N) is 1. The molecule has 2 rings (SSSR count). The maximum Gasteiger partial charge on any atom is 0.516 e. The Labute approximate surface area is 163 Å². The van der Waals surface area contributed by atoms with E-state index >= 15 is 0 Å². The third-order valence-electron chi connectivity index (χ3n) is 3.25. The summed E-state index contributed by atoms with van der Waals surface area (Å²) in [5.41, 5.74) is -5.54. The Balaban J connectivity index is 2.40. The molecular weight excluding hydrogens is 428 g/mol.